The van der Waals surface area contributed by atoms with Crippen LogP contribution in [0.2, 0.25) is 0 Å². The summed E-state index contributed by atoms with van der Waals surface area (Å²) in [5, 5.41) is 13.1. The number of likely N-dealkylation sites (N-methyl/N-ethyl adjacent to an activating group) is 2. The minimum absolute atomic E-state index is 0.493. The number of rotatable bonds is 4. The van der Waals surface area contributed by atoms with Crippen LogP contribution in [0.1, 0.15) is 17.2 Å². The lowest BCUT2D eigenvalue weighted by atomic mass is 10.0. The number of aliphatic imine (C=N–C) groups is 1. The maximum atomic E-state index is 10.1. The fraction of sp³-hybridized carbons (Fsp3) is 0.462. The molecule has 2 rings (SSSR count). The van der Waals surface area contributed by atoms with E-state index >= 15 is 0 Å². The van der Waals surface area contributed by atoms with E-state index in [4.69, 9.17) is 0 Å². The van der Waals surface area contributed by atoms with Gasteiger partial charge in [-0.2, -0.15) is 0 Å². The third-order valence-corrected chi connectivity index (χ3v) is 3.02. The molecule has 2 N–H and O–H groups in total. The van der Waals surface area contributed by atoms with Crippen molar-refractivity contribution >= 4 is 5.84 Å². The summed E-state index contributed by atoms with van der Waals surface area (Å²) in [5.41, 5.74) is 1.98. The van der Waals surface area contributed by atoms with E-state index in [-0.39, 0.29) is 0 Å². The molecule has 4 heteroatoms. The first-order valence-corrected chi connectivity index (χ1v) is 5.91. The Bertz CT molecular complexity index is 417. The SMILES string of the molecule is CNCC(O)c1ccccc1C1=NCCN1C. The topological polar surface area (TPSA) is 47.9 Å². The zero-order valence-electron chi connectivity index (χ0n) is 10.3. The molecule has 0 spiro atoms. The number of hydrogen-bond donors (Lipinski definition) is 2. The predicted octanol–water partition coefficient (Wildman–Crippen LogP) is 0.631. The molecule has 1 heterocycles. The van der Waals surface area contributed by atoms with Gasteiger partial charge in [-0.25, -0.2) is 0 Å². The Hall–Kier alpha value is -1.39. The van der Waals surface area contributed by atoms with Gasteiger partial charge in [-0.1, -0.05) is 24.3 Å². The van der Waals surface area contributed by atoms with Crippen molar-refractivity contribution in [3.63, 3.8) is 0 Å². The van der Waals surface area contributed by atoms with Crippen LogP contribution in [0.4, 0.5) is 0 Å². The summed E-state index contributed by atoms with van der Waals surface area (Å²) >= 11 is 0. The van der Waals surface area contributed by atoms with Gasteiger partial charge in [0.25, 0.3) is 0 Å². The van der Waals surface area contributed by atoms with Crippen molar-refractivity contribution in [3.8, 4) is 0 Å². The molecule has 1 aromatic carbocycles. The van der Waals surface area contributed by atoms with E-state index in [1.54, 1.807) is 0 Å². The third kappa shape index (κ3) is 2.48. The molecule has 0 fully saturated rings. The molecule has 0 bridgehead atoms. The highest BCUT2D eigenvalue weighted by Crippen LogP contribution is 2.20. The number of hydrogen-bond acceptors (Lipinski definition) is 4. The lowest BCUT2D eigenvalue weighted by Crippen LogP contribution is -2.26. The number of aliphatic hydroxyl groups is 1. The average molecular weight is 233 g/mol. The minimum atomic E-state index is -0.493. The minimum Gasteiger partial charge on any atom is -0.387 e. The second kappa shape index (κ2) is 5.29. The van der Waals surface area contributed by atoms with Crippen molar-refractivity contribution in [1.82, 2.24) is 10.2 Å². The highest BCUT2D eigenvalue weighted by molar-refractivity contribution is 6.01. The van der Waals surface area contributed by atoms with Gasteiger partial charge in [0.05, 0.1) is 12.6 Å². The zero-order chi connectivity index (χ0) is 12.3. The molecule has 0 radical (unpaired) electrons. The van der Waals surface area contributed by atoms with E-state index in [2.05, 4.69) is 15.2 Å². The second-order valence-electron chi connectivity index (χ2n) is 4.29. The maximum absolute atomic E-state index is 10.1. The van der Waals surface area contributed by atoms with Crippen LogP contribution in [0, 0.1) is 0 Å². The smallest absolute Gasteiger partial charge is 0.131 e. The van der Waals surface area contributed by atoms with E-state index in [0.29, 0.717) is 6.54 Å². The number of aliphatic hydroxyl groups excluding tert-OH is 1. The summed E-state index contributed by atoms with van der Waals surface area (Å²) in [6, 6.07) is 7.92. The first-order valence-electron chi connectivity index (χ1n) is 5.91. The van der Waals surface area contributed by atoms with Crippen LogP contribution >= 0.6 is 0 Å². The van der Waals surface area contributed by atoms with Crippen LogP contribution in [0.25, 0.3) is 0 Å². The van der Waals surface area contributed by atoms with Crippen molar-refractivity contribution in [3.05, 3.63) is 35.4 Å². The van der Waals surface area contributed by atoms with Gasteiger partial charge in [0.2, 0.25) is 0 Å². The van der Waals surface area contributed by atoms with Crippen LogP contribution in [0.3, 0.4) is 0 Å². The fourth-order valence-electron chi connectivity index (χ4n) is 2.12. The Morgan fingerprint density at radius 1 is 1.47 bits per heavy atom. The molecule has 0 amide bonds. The molecule has 0 saturated carbocycles. The molecule has 4 nitrogen and oxygen atoms in total. The third-order valence-electron chi connectivity index (χ3n) is 3.02. The molecule has 92 valence electrons. The monoisotopic (exact) mass is 233 g/mol. The lowest BCUT2D eigenvalue weighted by molar-refractivity contribution is 0.177. The molecular weight excluding hydrogens is 214 g/mol. The van der Waals surface area contributed by atoms with E-state index in [0.717, 1.165) is 30.1 Å². The van der Waals surface area contributed by atoms with E-state index in [1.807, 2.05) is 38.4 Å². The Labute approximate surface area is 102 Å². The van der Waals surface area contributed by atoms with Crippen LogP contribution < -0.4 is 5.32 Å². The first-order chi connectivity index (χ1) is 8.24. The van der Waals surface area contributed by atoms with E-state index < -0.39 is 6.10 Å². The van der Waals surface area contributed by atoms with Gasteiger partial charge >= 0.3 is 0 Å². The standard InChI is InChI=1S/C13H19N3O/c1-14-9-12(17)10-5-3-4-6-11(10)13-15-7-8-16(13)2/h3-6,12,14,17H,7-9H2,1-2H3. The second-order valence-corrected chi connectivity index (χ2v) is 4.29. The molecule has 1 unspecified atom stereocenters. The van der Waals surface area contributed by atoms with Crippen molar-refractivity contribution in [1.29, 1.82) is 0 Å². The quantitative estimate of drug-likeness (QED) is 0.802. The van der Waals surface area contributed by atoms with Crippen molar-refractivity contribution < 1.29 is 5.11 Å². The van der Waals surface area contributed by atoms with Crippen molar-refractivity contribution in [2.24, 2.45) is 4.99 Å². The molecule has 1 atom stereocenters. The van der Waals surface area contributed by atoms with Crippen LogP contribution in [-0.4, -0.2) is 49.6 Å². The van der Waals surface area contributed by atoms with Crippen molar-refractivity contribution in [2.75, 3.05) is 33.7 Å². The molecule has 0 saturated heterocycles. The van der Waals surface area contributed by atoms with Crippen molar-refractivity contribution in [2.45, 2.75) is 6.10 Å². The van der Waals surface area contributed by atoms with E-state index in [1.165, 1.54) is 0 Å². The molecule has 0 aliphatic carbocycles. The van der Waals surface area contributed by atoms with Gasteiger partial charge in [-0.05, 0) is 12.6 Å². The normalized spacial score (nSPS) is 17.1. The van der Waals surface area contributed by atoms with Gasteiger partial charge < -0.3 is 15.3 Å². The molecule has 1 aliphatic rings. The summed E-state index contributed by atoms with van der Waals surface area (Å²) in [6.45, 7) is 2.34. The summed E-state index contributed by atoms with van der Waals surface area (Å²) in [6.07, 6.45) is -0.493. The van der Waals surface area contributed by atoms with Gasteiger partial charge in [-0.3, -0.25) is 4.99 Å². The highest BCUT2D eigenvalue weighted by Gasteiger charge is 2.20. The predicted molar refractivity (Wildman–Crippen MR) is 69.4 cm³/mol. The Balaban J connectivity index is 2.33. The molecule has 0 aromatic heterocycles. The average Bonchev–Trinajstić information content (AvgIpc) is 2.76. The van der Waals surface area contributed by atoms with Gasteiger partial charge in [0.15, 0.2) is 0 Å². The fourth-order valence-corrected chi connectivity index (χ4v) is 2.12. The van der Waals surface area contributed by atoms with Gasteiger partial charge in [0, 0.05) is 25.7 Å². The summed E-state index contributed by atoms with van der Waals surface area (Å²) < 4.78 is 0. The maximum Gasteiger partial charge on any atom is 0.131 e. The summed E-state index contributed by atoms with van der Waals surface area (Å²) in [4.78, 5) is 6.63. The molecule has 17 heavy (non-hydrogen) atoms. The Morgan fingerprint density at radius 3 is 2.88 bits per heavy atom. The van der Waals surface area contributed by atoms with Crippen LogP contribution in [0.15, 0.2) is 29.3 Å². The number of amidine groups is 1. The Morgan fingerprint density at radius 2 is 2.24 bits per heavy atom. The highest BCUT2D eigenvalue weighted by atomic mass is 16.3. The number of nitrogens with one attached hydrogen (secondary N) is 1. The molecule has 1 aliphatic heterocycles. The number of benzene rings is 1. The van der Waals surface area contributed by atoms with E-state index in [9.17, 15) is 5.11 Å². The summed E-state index contributed by atoms with van der Waals surface area (Å²) in [5.74, 6) is 0.982. The van der Waals surface area contributed by atoms with Gasteiger partial charge in [0.1, 0.15) is 5.84 Å². The molecular formula is C13H19N3O. The van der Waals surface area contributed by atoms with Crippen LogP contribution in [0.5, 0.6) is 0 Å². The molecule has 1 aromatic rings. The summed E-state index contributed by atoms with van der Waals surface area (Å²) in [7, 11) is 3.87. The lowest BCUT2D eigenvalue weighted by Gasteiger charge is -2.19. The Kier molecular flexibility index (Phi) is 3.76. The number of nitrogens with zero attached hydrogens (tertiary/aromatic N) is 2. The zero-order valence-corrected chi connectivity index (χ0v) is 10.3. The van der Waals surface area contributed by atoms with Crippen LogP contribution in [-0.2, 0) is 0 Å². The first kappa shape index (κ1) is 12.1. The largest absolute Gasteiger partial charge is 0.387 e. The van der Waals surface area contributed by atoms with Gasteiger partial charge in [-0.15, -0.1) is 0 Å².